The van der Waals surface area contributed by atoms with E-state index >= 15 is 0 Å². The van der Waals surface area contributed by atoms with Crippen LogP contribution in [0, 0.1) is 0 Å². The summed E-state index contributed by atoms with van der Waals surface area (Å²) in [6.45, 7) is 0. The molecule has 0 aliphatic heterocycles. The maximum Gasteiger partial charge on any atom is 0.215 e. The summed E-state index contributed by atoms with van der Waals surface area (Å²) in [7, 11) is 1.85. The van der Waals surface area contributed by atoms with Crippen LogP contribution < -0.4 is 0 Å². The van der Waals surface area contributed by atoms with Gasteiger partial charge in [0.15, 0.2) is 0 Å². The monoisotopic (exact) mass is 412 g/mol. The molecule has 136 valence electrons. The first-order valence-corrected chi connectivity index (χ1v) is 11.3. The second-order valence-corrected chi connectivity index (χ2v) is 9.36. The standard InChI is InChI=1S/C18H16N6S3/c1-24-18(21-22-23-24)27-17-15-12-8-5-9-13(12)26-16(15)19-14(20-17)10-25-11-6-3-2-4-7-11/h2-4,6-7H,5,8-10H2,1H3. The number of hydrogen-bond donors (Lipinski definition) is 0. The lowest BCUT2D eigenvalue weighted by molar-refractivity contribution is 0.664. The molecule has 0 N–H and O–H groups in total. The van der Waals surface area contributed by atoms with E-state index in [-0.39, 0.29) is 0 Å². The summed E-state index contributed by atoms with van der Waals surface area (Å²) in [6.07, 6.45) is 3.49. The van der Waals surface area contributed by atoms with Crippen LogP contribution in [0.5, 0.6) is 0 Å². The first-order chi connectivity index (χ1) is 13.3. The van der Waals surface area contributed by atoms with Gasteiger partial charge in [0, 0.05) is 22.2 Å². The zero-order valence-electron chi connectivity index (χ0n) is 14.6. The summed E-state index contributed by atoms with van der Waals surface area (Å²) in [5, 5.41) is 14.7. The van der Waals surface area contributed by atoms with E-state index in [1.54, 1.807) is 16.4 Å². The molecule has 0 atom stereocenters. The van der Waals surface area contributed by atoms with Crippen molar-refractivity contribution in [3.8, 4) is 0 Å². The Hall–Kier alpha value is -1.97. The Morgan fingerprint density at radius 1 is 1.15 bits per heavy atom. The Balaban J connectivity index is 1.54. The van der Waals surface area contributed by atoms with E-state index < -0.39 is 0 Å². The van der Waals surface area contributed by atoms with Crippen molar-refractivity contribution < 1.29 is 0 Å². The fourth-order valence-electron chi connectivity index (χ4n) is 3.20. The predicted octanol–water partition coefficient (Wildman–Crippen LogP) is 4.15. The number of thiophene rings is 1. The highest BCUT2D eigenvalue weighted by molar-refractivity contribution is 7.99. The summed E-state index contributed by atoms with van der Waals surface area (Å²) in [4.78, 5) is 13.6. The van der Waals surface area contributed by atoms with Gasteiger partial charge in [-0.1, -0.05) is 18.2 Å². The molecule has 0 saturated heterocycles. The molecule has 1 aliphatic carbocycles. The predicted molar refractivity (Wildman–Crippen MR) is 108 cm³/mol. The van der Waals surface area contributed by atoms with Crippen molar-refractivity contribution >= 4 is 45.1 Å². The van der Waals surface area contributed by atoms with Crippen LogP contribution in [0.25, 0.3) is 10.2 Å². The highest BCUT2D eigenvalue weighted by Crippen LogP contribution is 2.42. The minimum absolute atomic E-state index is 0.743. The van der Waals surface area contributed by atoms with Crippen LogP contribution in [0.2, 0.25) is 0 Å². The maximum atomic E-state index is 4.91. The molecule has 1 aliphatic rings. The number of aromatic nitrogens is 6. The van der Waals surface area contributed by atoms with E-state index in [0.29, 0.717) is 0 Å². The van der Waals surface area contributed by atoms with Gasteiger partial charge in [-0.3, -0.25) is 0 Å². The Morgan fingerprint density at radius 2 is 2.04 bits per heavy atom. The number of hydrogen-bond acceptors (Lipinski definition) is 8. The molecule has 27 heavy (non-hydrogen) atoms. The van der Waals surface area contributed by atoms with E-state index in [4.69, 9.17) is 9.97 Å². The lowest BCUT2D eigenvalue weighted by Gasteiger charge is -2.07. The third-order valence-corrected chi connectivity index (χ3v) is 7.67. The minimum Gasteiger partial charge on any atom is -0.224 e. The van der Waals surface area contributed by atoms with Crippen LogP contribution in [-0.2, 0) is 25.6 Å². The Morgan fingerprint density at radius 3 is 2.85 bits per heavy atom. The molecule has 0 spiro atoms. The molecule has 0 unspecified atom stereocenters. The van der Waals surface area contributed by atoms with Crippen LogP contribution in [0.3, 0.4) is 0 Å². The van der Waals surface area contributed by atoms with E-state index in [0.717, 1.165) is 39.4 Å². The molecule has 0 fully saturated rings. The van der Waals surface area contributed by atoms with Gasteiger partial charge in [-0.25, -0.2) is 14.6 Å². The second-order valence-electron chi connectivity index (χ2n) is 6.27. The SMILES string of the molecule is Cn1nnnc1Sc1nc(CSc2ccccc2)nc2sc3c(c12)CCC3. The van der Waals surface area contributed by atoms with Crippen LogP contribution >= 0.6 is 34.9 Å². The summed E-state index contributed by atoms with van der Waals surface area (Å²) >= 11 is 5.11. The number of aryl methyl sites for hydroxylation is 3. The number of thioether (sulfide) groups is 1. The highest BCUT2D eigenvalue weighted by atomic mass is 32.2. The van der Waals surface area contributed by atoms with Gasteiger partial charge >= 0.3 is 0 Å². The molecule has 1 aromatic carbocycles. The van der Waals surface area contributed by atoms with Gasteiger partial charge in [0.2, 0.25) is 5.16 Å². The number of tetrazole rings is 1. The van der Waals surface area contributed by atoms with Crippen LogP contribution in [0.4, 0.5) is 0 Å². The third-order valence-electron chi connectivity index (χ3n) is 4.46. The van der Waals surface area contributed by atoms with Crippen molar-refractivity contribution in [2.24, 2.45) is 7.05 Å². The van der Waals surface area contributed by atoms with Crippen molar-refractivity contribution in [3.05, 3.63) is 46.6 Å². The van der Waals surface area contributed by atoms with E-state index in [1.807, 2.05) is 24.5 Å². The molecule has 4 aromatic rings. The number of rotatable bonds is 5. The molecule has 5 rings (SSSR count). The molecule has 3 aromatic heterocycles. The highest BCUT2D eigenvalue weighted by Gasteiger charge is 2.23. The topological polar surface area (TPSA) is 69.4 Å². The minimum atomic E-state index is 0.743. The Kier molecular flexibility index (Phi) is 4.58. The molecule has 0 bridgehead atoms. The summed E-state index contributed by atoms with van der Waals surface area (Å²) in [5.41, 5.74) is 1.43. The van der Waals surface area contributed by atoms with Crippen molar-refractivity contribution in [2.45, 2.75) is 40.1 Å². The van der Waals surface area contributed by atoms with E-state index in [1.165, 1.54) is 38.9 Å². The van der Waals surface area contributed by atoms with Gasteiger partial charge in [-0.15, -0.1) is 28.2 Å². The van der Waals surface area contributed by atoms with Crippen LogP contribution in [0.1, 0.15) is 22.7 Å². The zero-order chi connectivity index (χ0) is 18.2. The van der Waals surface area contributed by atoms with Crippen molar-refractivity contribution in [3.63, 3.8) is 0 Å². The summed E-state index contributed by atoms with van der Waals surface area (Å²) in [6, 6.07) is 10.4. The van der Waals surface area contributed by atoms with E-state index in [9.17, 15) is 0 Å². The molecule has 0 amide bonds. The number of nitrogens with zero attached hydrogens (tertiary/aromatic N) is 6. The molecule has 0 radical (unpaired) electrons. The fourth-order valence-corrected chi connectivity index (χ4v) is 6.21. The maximum absolute atomic E-state index is 4.91. The molecular formula is C18H16N6S3. The smallest absolute Gasteiger partial charge is 0.215 e. The zero-order valence-corrected chi connectivity index (χ0v) is 17.1. The first kappa shape index (κ1) is 17.2. The normalized spacial score (nSPS) is 13.4. The van der Waals surface area contributed by atoms with Gasteiger partial charge in [-0.2, -0.15) is 0 Å². The molecule has 0 saturated carbocycles. The summed E-state index contributed by atoms with van der Waals surface area (Å²) < 4.78 is 1.68. The van der Waals surface area contributed by atoms with E-state index in [2.05, 4.69) is 39.8 Å². The van der Waals surface area contributed by atoms with Crippen molar-refractivity contribution in [1.82, 2.24) is 30.2 Å². The largest absolute Gasteiger partial charge is 0.224 e. The molecular weight excluding hydrogens is 396 g/mol. The van der Waals surface area contributed by atoms with Gasteiger partial charge in [-0.05, 0) is 59.1 Å². The molecule has 6 nitrogen and oxygen atoms in total. The first-order valence-electron chi connectivity index (χ1n) is 8.67. The molecule has 3 heterocycles. The Labute approximate surface area is 168 Å². The van der Waals surface area contributed by atoms with Crippen molar-refractivity contribution in [2.75, 3.05) is 0 Å². The molecule has 9 heteroatoms. The lowest BCUT2D eigenvalue weighted by atomic mass is 10.2. The Bertz CT molecular complexity index is 1110. The van der Waals surface area contributed by atoms with Crippen LogP contribution in [0.15, 0.2) is 45.4 Å². The van der Waals surface area contributed by atoms with Gasteiger partial charge in [0.25, 0.3) is 0 Å². The summed E-state index contributed by atoms with van der Waals surface area (Å²) in [5.74, 6) is 1.60. The average molecular weight is 413 g/mol. The number of benzene rings is 1. The van der Waals surface area contributed by atoms with Crippen LogP contribution in [-0.4, -0.2) is 30.2 Å². The quantitative estimate of drug-likeness (QED) is 0.360. The second kappa shape index (κ2) is 7.21. The third kappa shape index (κ3) is 3.35. The fraction of sp³-hybridized carbons (Fsp3) is 0.278. The van der Waals surface area contributed by atoms with Gasteiger partial charge in [0.05, 0.1) is 5.75 Å². The lowest BCUT2D eigenvalue weighted by Crippen LogP contribution is -1.98. The average Bonchev–Trinajstić information content (AvgIpc) is 3.37. The van der Waals surface area contributed by atoms with Crippen molar-refractivity contribution in [1.29, 1.82) is 0 Å². The number of fused-ring (bicyclic) bond motifs is 3. The van der Waals surface area contributed by atoms with Gasteiger partial charge in [0.1, 0.15) is 15.7 Å². The van der Waals surface area contributed by atoms with Gasteiger partial charge < -0.3 is 0 Å².